The van der Waals surface area contributed by atoms with Gasteiger partial charge in [0.05, 0.1) is 0 Å². The Morgan fingerprint density at radius 1 is 1.44 bits per heavy atom. The summed E-state index contributed by atoms with van der Waals surface area (Å²) in [6.07, 6.45) is 4.15. The molecule has 0 aromatic carbocycles. The number of unbranched alkanes of at least 4 members (excludes halogenated alkanes) is 1. The summed E-state index contributed by atoms with van der Waals surface area (Å²) < 4.78 is 27.9. The molecule has 2 N–H and O–H groups in total. The van der Waals surface area contributed by atoms with Crippen LogP contribution < -0.4 is 10.0 Å². The van der Waals surface area contributed by atoms with E-state index in [4.69, 9.17) is 0 Å². The number of halogens is 1. The molecule has 1 fully saturated rings. The molecule has 0 bridgehead atoms. The maximum absolute atomic E-state index is 11.9. The van der Waals surface area contributed by atoms with Crippen molar-refractivity contribution in [1.29, 1.82) is 0 Å². The second kappa shape index (κ2) is 9.09. The summed E-state index contributed by atoms with van der Waals surface area (Å²) >= 11 is 0. The van der Waals surface area contributed by atoms with E-state index >= 15 is 0 Å². The fourth-order valence-corrected chi connectivity index (χ4v) is 2.97. The lowest BCUT2D eigenvalue weighted by Gasteiger charge is -2.24. The Morgan fingerprint density at radius 2 is 2.17 bits per heavy atom. The van der Waals surface area contributed by atoms with Gasteiger partial charge in [-0.2, -0.15) is 12.7 Å². The van der Waals surface area contributed by atoms with E-state index in [-0.39, 0.29) is 12.4 Å². The Morgan fingerprint density at radius 3 is 2.72 bits per heavy atom. The zero-order chi connectivity index (χ0) is 12.7. The largest absolute Gasteiger partial charge is 0.316 e. The van der Waals surface area contributed by atoms with E-state index in [1.807, 2.05) is 0 Å². The Kier molecular flexibility index (Phi) is 9.15. The summed E-state index contributed by atoms with van der Waals surface area (Å²) in [5.74, 6) is 0.429. The van der Waals surface area contributed by atoms with Gasteiger partial charge in [0, 0.05) is 20.1 Å². The molecule has 7 heteroatoms. The molecule has 1 saturated heterocycles. The molecular weight excluding hydrogens is 274 g/mol. The quantitative estimate of drug-likeness (QED) is 0.736. The zero-order valence-corrected chi connectivity index (χ0v) is 12.9. The van der Waals surface area contributed by atoms with Gasteiger partial charge in [-0.15, -0.1) is 12.4 Å². The normalized spacial score (nSPS) is 20.7. The highest BCUT2D eigenvalue weighted by Gasteiger charge is 2.19. The molecule has 0 aromatic rings. The van der Waals surface area contributed by atoms with Crippen molar-refractivity contribution in [3.05, 3.63) is 0 Å². The van der Waals surface area contributed by atoms with Gasteiger partial charge in [-0.05, 0) is 38.3 Å². The highest BCUT2D eigenvalue weighted by atomic mass is 35.5. The van der Waals surface area contributed by atoms with Gasteiger partial charge in [0.25, 0.3) is 10.2 Å². The third-order valence-electron chi connectivity index (χ3n) is 3.19. The lowest BCUT2D eigenvalue weighted by atomic mass is 10.0. The highest BCUT2D eigenvalue weighted by molar-refractivity contribution is 7.87. The molecule has 0 aliphatic carbocycles. The van der Waals surface area contributed by atoms with Gasteiger partial charge >= 0.3 is 0 Å². The van der Waals surface area contributed by atoms with E-state index < -0.39 is 10.2 Å². The van der Waals surface area contributed by atoms with Crippen molar-refractivity contribution in [3.8, 4) is 0 Å². The molecule has 0 aromatic heterocycles. The second-order valence-electron chi connectivity index (χ2n) is 4.74. The number of rotatable bonds is 7. The van der Waals surface area contributed by atoms with Crippen molar-refractivity contribution in [2.75, 3.05) is 33.2 Å². The van der Waals surface area contributed by atoms with Crippen LogP contribution in [0.3, 0.4) is 0 Å². The van der Waals surface area contributed by atoms with Gasteiger partial charge in [0.15, 0.2) is 0 Å². The molecule has 0 amide bonds. The number of hydrogen-bond donors (Lipinski definition) is 2. The van der Waals surface area contributed by atoms with Crippen LogP contribution in [0.1, 0.15) is 32.6 Å². The third kappa shape index (κ3) is 6.33. The molecule has 110 valence electrons. The van der Waals surface area contributed by atoms with Crippen molar-refractivity contribution in [1.82, 2.24) is 14.3 Å². The summed E-state index contributed by atoms with van der Waals surface area (Å²) in [5.41, 5.74) is 0. The Hall–Kier alpha value is 0.120. The fourth-order valence-electron chi connectivity index (χ4n) is 1.93. The van der Waals surface area contributed by atoms with E-state index in [1.54, 1.807) is 7.05 Å². The van der Waals surface area contributed by atoms with Crippen LogP contribution in [0.15, 0.2) is 0 Å². The van der Waals surface area contributed by atoms with Crippen LogP contribution in [-0.4, -0.2) is 45.9 Å². The van der Waals surface area contributed by atoms with Crippen molar-refractivity contribution in [2.45, 2.75) is 32.6 Å². The summed E-state index contributed by atoms with van der Waals surface area (Å²) in [6.45, 7) is 5.17. The molecule has 0 saturated carbocycles. The van der Waals surface area contributed by atoms with Crippen LogP contribution in [0, 0.1) is 5.92 Å². The number of hydrogen-bond acceptors (Lipinski definition) is 3. The van der Waals surface area contributed by atoms with Crippen molar-refractivity contribution >= 4 is 22.6 Å². The average Bonchev–Trinajstić information content (AvgIpc) is 2.35. The van der Waals surface area contributed by atoms with E-state index in [1.165, 1.54) is 4.31 Å². The molecule has 0 radical (unpaired) electrons. The maximum Gasteiger partial charge on any atom is 0.279 e. The van der Waals surface area contributed by atoms with Crippen LogP contribution in [0.25, 0.3) is 0 Å². The minimum atomic E-state index is -3.28. The molecule has 1 atom stereocenters. The minimum absolute atomic E-state index is 0. The van der Waals surface area contributed by atoms with Gasteiger partial charge in [-0.3, -0.25) is 0 Å². The van der Waals surface area contributed by atoms with E-state index in [0.29, 0.717) is 19.0 Å². The maximum atomic E-state index is 11.9. The highest BCUT2D eigenvalue weighted by Crippen LogP contribution is 2.09. The van der Waals surface area contributed by atoms with Crippen molar-refractivity contribution < 1.29 is 8.42 Å². The van der Waals surface area contributed by atoms with Crippen molar-refractivity contribution in [2.24, 2.45) is 5.92 Å². The molecule has 1 unspecified atom stereocenters. The van der Waals surface area contributed by atoms with E-state index in [9.17, 15) is 8.42 Å². The number of nitrogens with zero attached hydrogens (tertiary/aromatic N) is 1. The molecule has 18 heavy (non-hydrogen) atoms. The average molecular weight is 300 g/mol. The Bertz CT molecular complexity index is 305. The lowest BCUT2D eigenvalue weighted by molar-refractivity contribution is 0.369. The first-order chi connectivity index (χ1) is 8.06. The summed E-state index contributed by atoms with van der Waals surface area (Å²) in [7, 11) is -1.64. The van der Waals surface area contributed by atoms with Gasteiger partial charge in [-0.25, -0.2) is 4.72 Å². The van der Waals surface area contributed by atoms with Gasteiger partial charge in [-0.1, -0.05) is 13.3 Å². The predicted molar refractivity (Wildman–Crippen MR) is 77.3 cm³/mol. The number of nitrogens with one attached hydrogen (secondary N) is 2. The summed E-state index contributed by atoms with van der Waals surface area (Å²) in [6, 6.07) is 0. The monoisotopic (exact) mass is 299 g/mol. The standard InChI is InChI=1S/C11H25N3O2S.ClH/c1-3-4-8-14(2)17(15,16)13-10-11-6-5-7-12-9-11;/h11-13H,3-10H2,1-2H3;1H. The first-order valence-electron chi connectivity index (χ1n) is 6.48. The first-order valence-corrected chi connectivity index (χ1v) is 7.92. The molecule has 0 spiro atoms. The predicted octanol–water partition coefficient (Wildman–Crippen LogP) is 0.974. The summed E-state index contributed by atoms with van der Waals surface area (Å²) in [5, 5.41) is 3.29. The molecule has 1 aliphatic heterocycles. The van der Waals surface area contributed by atoms with Gasteiger partial charge in [0.1, 0.15) is 0 Å². The molecule has 1 heterocycles. The smallest absolute Gasteiger partial charge is 0.279 e. The van der Waals surface area contributed by atoms with Crippen LogP contribution in [0.2, 0.25) is 0 Å². The molecular formula is C11H26ClN3O2S. The zero-order valence-electron chi connectivity index (χ0n) is 11.3. The van der Waals surface area contributed by atoms with Crippen LogP contribution in [-0.2, 0) is 10.2 Å². The minimum Gasteiger partial charge on any atom is -0.316 e. The van der Waals surface area contributed by atoms with Gasteiger partial charge in [0.2, 0.25) is 0 Å². The van der Waals surface area contributed by atoms with E-state index in [2.05, 4.69) is 17.0 Å². The lowest BCUT2D eigenvalue weighted by Crippen LogP contribution is -2.43. The number of piperidine rings is 1. The molecule has 1 aliphatic rings. The first kappa shape index (κ1) is 18.1. The van der Waals surface area contributed by atoms with Crippen LogP contribution in [0.4, 0.5) is 0 Å². The molecule has 1 rings (SSSR count). The summed E-state index contributed by atoms with van der Waals surface area (Å²) in [4.78, 5) is 0. The topological polar surface area (TPSA) is 61.4 Å². The molecule has 5 nitrogen and oxygen atoms in total. The van der Waals surface area contributed by atoms with Crippen molar-refractivity contribution in [3.63, 3.8) is 0 Å². The SMILES string of the molecule is CCCCN(C)S(=O)(=O)NCC1CCCNC1.Cl. The second-order valence-corrected chi connectivity index (χ2v) is 6.60. The van der Waals surface area contributed by atoms with Crippen LogP contribution >= 0.6 is 12.4 Å². The third-order valence-corrected chi connectivity index (χ3v) is 4.72. The van der Waals surface area contributed by atoms with E-state index in [0.717, 1.165) is 38.8 Å². The van der Waals surface area contributed by atoms with Crippen LogP contribution in [0.5, 0.6) is 0 Å². The Balaban J connectivity index is 0.00000289. The van der Waals surface area contributed by atoms with Gasteiger partial charge < -0.3 is 5.32 Å². The fraction of sp³-hybridized carbons (Fsp3) is 1.00. The Labute approximate surface area is 117 Å².